The molecule has 2 aromatic heterocycles. The summed E-state index contributed by atoms with van der Waals surface area (Å²) >= 11 is 0. The maximum absolute atomic E-state index is 6.18. The van der Waals surface area contributed by atoms with Crippen molar-refractivity contribution in [2.24, 2.45) is 0 Å². The van der Waals surface area contributed by atoms with Gasteiger partial charge in [-0.3, -0.25) is 0 Å². The molecule has 0 aliphatic carbocycles. The van der Waals surface area contributed by atoms with Gasteiger partial charge in [0.25, 0.3) is 0 Å². The monoisotopic (exact) mass is 410 g/mol. The second-order valence-electron chi connectivity index (χ2n) is 8.20. The number of furan rings is 2. The highest BCUT2D eigenvalue weighted by Gasteiger charge is 2.14. The maximum atomic E-state index is 6.18. The normalized spacial score (nSPS) is 11.8. The number of rotatable bonds is 2. The average molecular weight is 410 g/mol. The molecule has 0 atom stereocenters. The van der Waals surface area contributed by atoms with Crippen LogP contribution in [0.2, 0.25) is 0 Å². The van der Waals surface area contributed by atoms with E-state index in [0.29, 0.717) is 0 Å². The molecule has 0 aliphatic rings. The summed E-state index contributed by atoms with van der Waals surface area (Å²) in [7, 11) is 0. The third kappa shape index (κ3) is 2.60. The second-order valence-corrected chi connectivity index (χ2v) is 8.20. The van der Waals surface area contributed by atoms with E-state index in [9.17, 15) is 0 Å². The Labute approximate surface area is 184 Å². The second kappa shape index (κ2) is 6.60. The lowest BCUT2D eigenvalue weighted by atomic mass is 10.0. The Kier molecular flexibility index (Phi) is 3.58. The minimum Gasteiger partial charge on any atom is -0.456 e. The van der Waals surface area contributed by atoms with Crippen LogP contribution in [0.3, 0.4) is 0 Å². The summed E-state index contributed by atoms with van der Waals surface area (Å²) in [6.45, 7) is 0. The zero-order chi connectivity index (χ0) is 21.1. The third-order valence-corrected chi connectivity index (χ3v) is 6.28. The fourth-order valence-electron chi connectivity index (χ4n) is 4.67. The quantitative estimate of drug-likeness (QED) is 0.284. The number of hydrogen-bond donors (Lipinski definition) is 0. The molecule has 0 fully saturated rings. The number of fused-ring (bicyclic) bond motifs is 6. The lowest BCUT2D eigenvalue weighted by Gasteiger charge is -2.01. The first-order valence-corrected chi connectivity index (χ1v) is 10.8. The molecular weight excluding hydrogens is 392 g/mol. The van der Waals surface area contributed by atoms with E-state index < -0.39 is 0 Å². The topological polar surface area (TPSA) is 26.3 Å². The first-order valence-electron chi connectivity index (χ1n) is 10.8. The van der Waals surface area contributed by atoms with Gasteiger partial charge in [0.15, 0.2) is 0 Å². The Hall–Kier alpha value is -4.30. The van der Waals surface area contributed by atoms with Crippen LogP contribution >= 0.6 is 0 Å². The van der Waals surface area contributed by atoms with Crippen LogP contribution < -0.4 is 0 Å². The van der Waals surface area contributed by atoms with Gasteiger partial charge in [-0.15, -0.1) is 0 Å². The highest BCUT2D eigenvalue weighted by Crippen LogP contribution is 2.39. The summed E-state index contributed by atoms with van der Waals surface area (Å²) in [6, 6.07) is 37.9. The molecule has 150 valence electrons. The van der Waals surface area contributed by atoms with Crippen LogP contribution in [0, 0.1) is 0 Å². The molecule has 0 aliphatic heterocycles. The summed E-state index contributed by atoms with van der Waals surface area (Å²) < 4.78 is 12.4. The molecule has 0 saturated carbocycles. The van der Waals surface area contributed by atoms with Crippen molar-refractivity contribution >= 4 is 43.9 Å². The largest absolute Gasteiger partial charge is 0.456 e. The van der Waals surface area contributed by atoms with Crippen molar-refractivity contribution in [1.29, 1.82) is 0 Å². The Morgan fingerprint density at radius 2 is 0.750 bits per heavy atom. The van der Waals surface area contributed by atoms with E-state index in [4.69, 9.17) is 8.83 Å². The first kappa shape index (κ1) is 17.4. The van der Waals surface area contributed by atoms with Crippen molar-refractivity contribution in [2.75, 3.05) is 0 Å². The molecule has 0 bridgehead atoms. The fraction of sp³-hybridized carbons (Fsp3) is 0. The number of benzene rings is 5. The molecule has 0 spiro atoms. The molecule has 0 radical (unpaired) electrons. The maximum Gasteiger partial charge on any atom is 0.139 e. The van der Waals surface area contributed by atoms with Gasteiger partial charge in [-0.25, -0.2) is 0 Å². The smallest absolute Gasteiger partial charge is 0.139 e. The predicted octanol–water partition coefficient (Wildman–Crippen LogP) is 8.82. The van der Waals surface area contributed by atoms with Gasteiger partial charge in [0.1, 0.15) is 22.3 Å². The van der Waals surface area contributed by atoms with Crippen LogP contribution in [0.5, 0.6) is 0 Å². The molecule has 2 heterocycles. The predicted molar refractivity (Wildman–Crippen MR) is 132 cm³/mol. The van der Waals surface area contributed by atoms with Gasteiger partial charge in [-0.2, -0.15) is 0 Å². The standard InChI is InChI=1S/C30H18O2/c1-3-7-19(8-4-1)21-11-13-27-23(15-21)25-17-26-24-16-22(20-9-5-2-6-10-20)12-14-28(24)32-30(26)18-29(25)31-27/h1-18H. The van der Waals surface area contributed by atoms with Crippen LogP contribution in [0.15, 0.2) is 118 Å². The average Bonchev–Trinajstić information content (AvgIpc) is 3.40. The lowest BCUT2D eigenvalue weighted by Crippen LogP contribution is -1.77. The first-order chi connectivity index (χ1) is 15.8. The summed E-state index contributed by atoms with van der Waals surface area (Å²) in [5.41, 5.74) is 8.24. The van der Waals surface area contributed by atoms with Gasteiger partial charge in [0, 0.05) is 27.6 Å². The van der Waals surface area contributed by atoms with Crippen LogP contribution in [-0.4, -0.2) is 0 Å². The summed E-state index contributed by atoms with van der Waals surface area (Å²) in [4.78, 5) is 0. The molecule has 0 saturated heterocycles. The highest BCUT2D eigenvalue weighted by atomic mass is 16.3. The van der Waals surface area contributed by atoms with Crippen LogP contribution in [0.1, 0.15) is 0 Å². The summed E-state index contributed by atoms with van der Waals surface area (Å²) in [6.07, 6.45) is 0. The van der Waals surface area contributed by atoms with Gasteiger partial charge < -0.3 is 8.83 Å². The van der Waals surface area contributed by atoms with E-state index in [1.54, 1.807) is 0 Å². The summed E-state index contributed by atoms with van der Waals surface area (Å²) in [5.74, 6) is 0. The van der Waals surface area contributed by atoms with Crippen LogP contribution in [0.4, 0.5) is 0 Å². The van der Waals surface area contributed by atoms with Gasteiger partial charge in [-0.05, 0) is 52.6 Å². The molecule has 7 aromatic rings. The van der Waals surface area contributed by atoms with Crippen LogP contribution in [-0.2, 0) is 0 Å². The summed E-state index contributed by atoms with van der Waals surface area (Å²) in [5, 5.41) is 4.46. The Balaban J connectivity index is 1.48. The van der Waals surface area contributed by atoms with Crippen molar-refractivity contribution < 1.29 is 8.83 Å². The minimum atomic E-state index is 0.847. The van der Waals surface area contributed by atoms with Gasteiger partial charge in [0.05, 0.1) is 0 Å². The van der Waals surface area contributed by atoms with E-state index in [-0.39, 0.29) is 0 Å². The van der Waals surface area contributed by atoms with Gasteiger partial charge >= 0.3 is 0 Å². The van der Waals surface area contributed by atoms with Gasteiger partial charge in [-0.1, -0.05) is 72.8 Å². The highest BCUT2D eigenvalue weighted by molar-refractivity contribution is 6.16. The molecule has 0 amide bonds. The van der Waals surface area contributed by atoms with Crippen molar-refractivity contribution in [3.8, 4) is 22.3 Å². The molecule has 0 unspecified atom stereocenters. The zero-order valence-electron chi connectivity index (χ0n) is 17.2. The molecule has 0 N–H and O–H groups in total. The van der Waals surface area contributed by atoms with Crippen LogP contribution in [0.25, 0.3) is 66.1 Å². The van der Waals surface area contributed by atoms with Crippen molar-refractivity contribution in [1.82, 2.24) is 0 Å². The molecule has 7 rings (SSSR count). The van der Waals surface area contributed by atoms with Crippen molar-refractivity contribution in [2.45, 2.75) is 0 Å². The molecule has 2 heteroatoms. The van der Waals surface area contributed by atoms with Gasteiger partial charge in [0.2, 0.25) is 0 Å². The van der Waals surface area contributed by atoms with Crippen molar-refractivity contribution in [3.05, 3.63) is 109 Å². The van der Waals surface area contributed by atoms with E-state index in [0.717, 1.165) is 43.9 Å². The Morgan fingerprint density at radius 1 is 0.312 bits per heavy atom. The van der Waals surface area contributed by atoms with Crippen molar-refractivity contribution in [3.63, 3.8) is 0 Å². The Morgan fingerprint density at radius 3 is 1.22 bits per heavy atom. The molecule has 2 nitrogen and oxygen atoms in total. The van der Waals surface area contributed by atoms with E-state index in [1.807, 2.05) is 18.2 Å². The van der Waals surface area contributed by atoms with E-state index in [1.165, 1.54) is 22.3 Å². The third-order valence-electron chi connectivity index (χ3n) is 6.28. The Bertz CT molecular complexity index is 1620. The number of hydrogen-bond acceptors (Lipinski definition) is 2. The SMILES string of the molecule is c1ccc(-c2ccc3oc4cc5oc6ccc(-c7ccccc7)cc6c5cc4c3c2)cc1. The zero-order valence-corrected chi connectivity index (χ0v) is 17.2. The minimum absolute atomic E-state index is 0.847. The fourth-order valence-corrected chi connectivity index (χ4v) is 4.67. The lowest BCUT2D eigenvalue weighted by molar-refractivity contribution is 0.656. The molecule has 5 aromatic carbocycles. The van der Waals surface area contributed by atoms with E-state index >= 15 is 0 Å². The molecule has 32 heavy (non-hydrogen) atoms. The van der Waals surface area contributed by atoms with E-state index in [2.05, 4.69) is 91.0 Å². The molecular formula is C30H18O2.